The molecule has 18 heavy (non-hydrogen) atoms. The molecule has 3 N–H and O–H groups in total. The van der Waals surface area contributed by atoms with E-state index >= 15 is 0 Å². The number of amides is 2. The quantitative estimate of drug-likeness (QED) is 0.725. The fraction of sp³-hybridized carbons (Fsp3) is 0.333. The van der Waals surface area contributed by atoms with E-state index in [0.717, 1.165) is 5.56 Å². The lowest BCUT2D eigenvalue weighted by atomic mass is 10.2. The fourth-order valence-electron chi connectivity index (χ4n) is 1.27. The number of hydrogen-bond acceptors (Lipinski definition) is 4. The number of nitrogens with one attached hydrogen (secondary N) is 2. The van der Waals surface area contributed by atoms with Crippen molar-refractivity contribution in [3.8, 4) is 0 Å². The summed E-state index contributed by atoms with van der Waals surface area (Å²) < 4.78 is 4.63. The molecule has 0 fully saturated rings. The first-order valence-electron chi connectivity index (χ1n) is 5.50. The Balaban J connectivity index is 2.39. The van der Waals surface area contributed by atoms with Gasteiger partial charge in [-0.15, -0.1) is 0 Å². The molecular formula is C12H16N2O4. The molecule has 1 rings (SSSR count). The molecule has 6 heteroatoms. The average molecular weight is 252 g/mol. The first kappa shape index (κ1) is 14.0. The van der Waals surface area contributed by atoms with Crippen molar-refractivity contribution in [2.45, 2.75) is 13.5 Å². The number of aliphatic hydroxyl groups excluding tert-OH is 1. The molecule has 0 saturated heterocycles. The van der Waals surface area contributed by atoms with E-state index in [2.05, 4.69) is 15.4 Å². The Hall–Kier alpha value is -2.08. The number of carbonyl (C=O) groups excluding carboxylic acids is 2. The SMILES string of the molecule is CC(=O)Nc1ccc(CNC(=O)OCCO)cc1. The molecule has 98 valence electrons. The Morgan fingerprint density at radius 3 is 2.50 bits per heavy atom. The summed E-state index contributed by atoms with van der Waals surface area (Å²) in [5, 5.41) is 13.6. The number of rotatable bonds is 5. The maximum absolute atomic E-state index is 11.1. The van der Waals surface area contributed by atoms with Crippen molar-refractivity contribution in [3.05, 3.63) is 29.8 Å². The van der Waals surface area contributed by atoms with E-state index in [4.69, 9.17) is 5.11 Å². The van der Waals surface area contributed by atoms with Crippen molar-refractivity contribution in [1.82, 2.24) is 5.32 Å². The van der Waals surface area contributed by atoms with Crippen LogP contribution in [0.25, 0.3) is 0 Å². The summed E-state index contributed by atoms with van der Waals surface area (Å²) in [5.41, 5.74) is 1.58. The van der Waals surface area contributed by atoms with Crippen LogP contribution < -0.4 is 10.6 Å². The number of aliphatic hydroxyl groups is 1. The van der Waals surface area contributed by atoms with Crippen LogP contribution in [0.3, 0.4) is 0 Å². The lowest BCUT2D eigenvalue weighted by molar-refractivity contribution is -0.114. The topological polar surface area (TPSA) is 87.7 Å². The molecule has 1 aromatic rings. The second-order valence-electron chi connectivity index (χ2n) is 3.59. The van der Waals surface area contributed by atoms with Gasteiger partial charge in [-0.3, -0.25) is 4.79 Å². The third-order valence-electron chi connectivity index (χ3n) is 2.04. The summed E-state index contributed by atoms with van der Waals surface area (Å²) in [6, 6.07) is 7.07. The van der Waals surface area contributed by atoms with Crippen LogP contribution in [0.15, 0.2) is 24.3 Å². The van der Waals surface area contributed by atoms with Gasteiger partial charge in [0, 0.05) is 19.2 Å². The van der Waals surface area contributed by atoms with Crippen LogP contribution in [-0.2, 0) is 16.1 Å². The molecule has 0 unspecified atom stereocenters. The van der Waals surface area contributed by atoms with E-state index in [1.807, 2.05) is 0 Å². The van der Waals surface area contributed by atoms with Gasteiger partial charge in [-0.1, -0.05) is 12.1 Å². The standard InChI is InChI=1S/C12H16N2O4/c1-9(16)14-11-4-2-10(3-5-11)8-13-12(17)18-7-6-15/h2-5,15H,6-8H2,1H3,(H,13,17)(H,14,16). The van der Waals surface area contributed by atoms with Crippen LogP contribution in [0.1, 0.15) is 12.5 Å². The Kier molecular flexibility index (Phi) is 5.66. The Morgan fingerprint density at radius 2 is 1.94 bits per heavy atom. The van der Waals surface area contributed by atoms with E-state index in [9.17, 15) is 9.59 Å². The Bertz CT molecular complexity index is 403. The maximum Gasteiger partial charge on any atom is 0.407 e. The highest BCUT2D eigenvalue weighted by Gasteiger charge is 2.01. The van der Waals surface area contributed by atoms with E-state index in [1.165, 1.54) is 6.92 Å². The summed E-state index contributed by atoms with van der Waals surface area (Å²) in [6.07, 6.45) is -0.574. The van der Waals surface area contributed by atoms with Gasteiger partial charge in [0.05, 0.1) is 6.61 Å². The summed E-state index contributed by atoms with van der Waals surface area (Å²) >= 11 is 0. The largest absolute Gasteiger partial charge is 0.447 e. The molecular weight excluding hydrogens is 236 g/mol. The molecule has 0 aliphatic carbocycles. The van der Waals surface area contributed by atoms with Gasteiger partial charge in [0.1, 0.15) is 6.61 Å². The van der Waals surface area contributed by atoms with Gasteiger partial charge in [-0.2, -0.15) is 0 Å². The highest BCUT2D eigenvalue weighted by molar-refractivity contribution is 5.88. The molecule has 0 aliphatic rings. The summed E-state index contributed by atoms with van der Waals surface area (Å²) in [6.45, 7) is 1.55. The van der Waals surface area contributed by atoms with E-state index in [1.54, 1.807) is 24.3 Å². The smallest absolute Gasteiger partial charge is 0.407 e. The minimum atomic E-state index is -0.574. The molecule has 1 aromatic carbocycles. The first-order chi connectivity index (χ1) is 8.61. The highest BCUT2D eigenvalue weighted by atomic mass is 16.6. The Morgan fingerprint density at radius 1 is 1.28 bits per heavy atom. The molecule has 0 saturated carbocycles. The van der Waals surface area contributed by atoms with E-state index in [0.29, 0.717) is 12.2 Å². The van der Waals surface area contributed by atoms with Crippen molar-refractivity contribution in [2.75, 3.05) is 18.5 Å². The number of hydrogen-bond donors (Lipinski definition) is 3. The van der Waals surface area contributed by atoms with Crippen LogP contribution in [0.4, 0.5) is 10.5 Å². The van der Waals surface area contributed by atoms with Gasteiger partial charge in [-0.05, 0) is 17.7 Å². The molecule has 6 nitrogen and oxygen atoms in total. The van der Waals surface area contributed by atoms with Crippen LogP contribution in [0, 0.1) is 0 Å². The highest BCUT2D eigenvalue weighted by Crippen LogP contribution is 2.09. The second-order valence-corrected chi connectivity index (χ2v) is 3.59. The second kappa shape index (κ2) is 7.29. The normalized spacial score (nSPS) is 9.67. The summed E-state index contributed by atoms with van der Waals surface area (Å²) in [5.74, 6) is -0.131. The number of carbonyl (C=O) groups is 2. The van der Waals surface area contributed by atoms with E-state index < -0.39 is 6.09 Å². The number of alkyl carbamates (subject to hydrolysis) is 1. The maximum atomic E-state index is 11.1. The predicted molar refractivity (Wildman–Crippen MR) is 66.0 cm³/mol. The van der Waals surface area contributed by atoms with Crippen LogP contribution in [0.5, 0.6) is 0 Å². The van der Waals surface area contributed by atoms with Crippen molar-refractivity contribution in [2.24, 2.45) is 0 Å². The van der Waals surface area contributed by atoms with Gasteiger partial charge in [0.15, 0.2) is 0 Å². The monoisotopic (exact) mass is 252 g/mol. The van der Waals surface area contributed by atoms with Gasteiger partial charge in [-0.25, -0.2) is 4.79 Å². The van der Waals surface area contributed by atoms with E-state index in [-0.39, 0.29) is 19.1 Å². The zero-order chi connectivity index (χ0) is 13.4. The summed E-state index contributed by atoms with van der Waals surface area (Å²) in [7, 11) is 0. The summed E-state index contributed by atoms with van der Waals surface area (Å²) in [4.78, 5) is 21.9. The van der Waals surface area contributed by atoms with Crippen LogP contribution >= 0.6 is 0 Å². The van der Waals surface area contributed by atoms with Crippen LogP contribution in [0.2, 0.25) is 0 Å². The predicted octanol–water partition coefficient (Wildman–Crippen LogP) is 0.863. The molecule has 0 bridgehead atoms. The molecule has 0 aliphatic heterocycles. The fourth-order valence-corrected chi connectivity index (χ4v) is 1.27. The van der Waals surface area contributed by atoms with Gasteiger partial charge >= 0.3 is 6.09 Å². The minimum Gasteiger partial charge on any atom is -0.447 e. The molecule has 2 amide bonds. The van der Waals surface area contributed by atoms with Gasteiger partial charge in [0.2, 0.25) is 5.91 Å². The zero-order valence-corrected chi connectivity index (χ0v) is 10.1. The van der Waals surface area contributed by atoms with Crippen molar-refractivity contribution in [3.63, 3.8) is 0 Å². The van der Waals surface area contributed by atoms with Crippen molar-refractivity contribution in [1.29, 1.82) is 0 Å². The number of anilines is 1. The lowest BCUT2D eigenvalue weighted by Crippen LogP contribution is -2.24. The third-order valence-corrected chi connectivity index (χ3v) is 2.04. The number of benzene rings is 1. The Labute approximate surface area is 105 Å². The van der Waals surface area contributed by atoms with Gasteiger partial charge in [0.25, 0.3) is 0 Å². The molecule has 0 atom stereocenters. The molecule has 0 radical (unpaired) electrons. The van der Waals surface area contributed by atoms with Crippen molar-refractivity contribution >= 4 is 17.7 Å². The molecule has 0 spiro atoms. The van der Waals surface area contributed by atoms with Crippen LogP contribution in [-0.4, -0.2) is 30.3 Å². The average Bonchev–Trinajstić information content (AvgIpc) is 2.35. The number of ether oxygens (including phenoxy) is 1. The lowest BCUT2D eigenvalue weighted by Gasteiger charge is -2.07. The van der Waals surface area contributed by atoms with Crippen molar-refractivity contribution < 1.29 is 19.4 Å². The molecule has 0 aromatic heterocycles. The minimum absolute atomic E-state index is 0.0205. The first-order valence-corrected chi connectivity index (χ1v) is 5.50. The van der Waals surface area contributed by atoms with Gasteiger partial charge < -0.3 is 20.5 Å². The molecule has 0 heterocycles. The third kappa shape index (κ3) is 5.31. The zero-order valence-electron chi connectivity index (χ0n) is 10.1.